The van der Waals surface area contributed by atoms with Crippen molar-refractivity contribution in [1.29, 1.82) is 0 Å². The summed E-state index contributed by atoms with van der Waals surface area (Å²) >= 11 is 0. The van der Waals surface area contributed by atoms with Crippen LogP contribution >= 0.6 is 0 Å². The van der Waals surface area contributed by atoms with Gasteiger partial charge in [0.2, 0.25) is 5.91 Å². The molecule has 150 valence electrons. The van der Waals surface area contributed by atoms with E-state index in [9.17, 15) is 9.59 Å². The highest BCUT2D eigenvalue weighted by atomic mass is 16.5. The second-order valence-electron chi connectivity index (χ2n) is 6.55. The van der Waals surface area contributed by atoms with Crippen molar-refractivity contribution in [1.82, 2.24) is 10.2 Å². The number of carbonyl (C=O) groups excluding carboxylic acids is 2. The molecule has 0 aliphatic heterocycles. The first-order chi connectivity index (χ1) is 13.4. The van der Waals surface area contributed by atoms with Crippen molar-refractivity contribution >= 4 is 11.8 Å². The predicted octanol–water partition coefficient (Wildman–Crippen LogP) is 2.94. The summed E-state index contributed by atoms with van der Waals surface area (Å²) in [7, 11) is 1.59. The van der Waals surface area contributed by atoms with Crippen molar-refractivity contribution in [3.63, 3.8) is 0 Å². The molecule has 0 aromatic heterocycles. The van der Waals surface area contributed by atoms with Crippen LogP contribution in [-0.2, 0) is 16.1 Å². The number of hydrogen-bond donors (Lipinski definition) is 1. The first kappa shape index (κ1) is 21.3. The molecule has 0 aliphatic rings. The van der Waals surface area contributed by atoms with Crippen molar-refractivity contribution in [2.75, 3.05) is 20.3 Å². The lowest BCUT2D eigenvalue weighted by molar-refractivity contribution is -0.142. The monoisotopic (exact) mass is 384 g/mol. The number of ether oxygens (including phenoxy) is 2. The second kappa shape index (κ2) is 10.3. The molecule has 1 N–H and O–H groups in total. The fourth-order valence-corrected chi connectivity index (χ4v) is 2.81. The van der Waals surface area contributed by atoms with Gasteiger partial charge in [0.15, 0.2) is 6.61 Å². The molecule has 0 unspecified atom stereocenters. The molecule has 0 bridgehead atoms. The minimum absolute atomic E-state index is 0.142. The summed E-state index contributed by atoms with van der Waals surface area (Å²) in [5.74, 6) is 0.865. The number of hydrogen-bond acceptors (Lipinski definition) is 4. The summed E-state index contributed by atoms with van der Waals surface area (Å²) in [6.45, 7) is 6.17. The number of methoxy groups -OCH3 is 1. The van der Waals surface area contributed by atoms with Gasteiger partial charge >= 0.3 is 0 Å². The van der Waals surface area contributed by atoms with Crippen molar-refractivity contribution in [3.05, 3.63) is 59.7 Å². The van der Waals surface area contributed by atoms with Gasteiger partial charge in [0.1, 0.15) is 17.5 Å². The predicted molar refractivity (Wildman–Crippen MR) is 108 cm³/mol. The van der Waals surface area contributed by atoms with E-state index in [1.165, 1.54) is 4.90 Å². The summed E-state index contributed by atoms with van der Waals surface area (Å²) in [6, 6.07) is 14.3. The highest BCUT2D eigenvalue weighted by Crippen LogP contribution is 2.17. The Morgan fingerprint density at radius 1 is 1.11 bits per heavy atom. The molecule has 0 aliphatic carbocycles. The summed E-state index contributed by atoms with van der Waals surface area (Å²) in [4.78, 5) is 26.8. The normalized spacial score (nSPS) is 11.4. The van der Waals surface area contributed by atoms with Crippen LogP contribution in [0.5, 0.6) is 11.5 Å². The number of benzene rings is 2. The molecule has 6 nitrogen and oxygen atoms in total. The minimum atomic E-state index is -0.625. The molecule has 2 aromatic rings. The van der Waals surface area contributed by atoms with Gasteiger partial charge in [-0.25, -0.2) is 0 Å². The van der Waals surface area contributed by atoms with E-state index >= 15 is 0 Å². The van der Waals surface area contributed by atoms with E-state index in [0.29, 0.717) is 18.0 Å². The molecule has 0 saturated heterocycles. The van der Waals surface area contributed by atoms with Gasteiger partial charge in [-0.3, -0.25) is 9.59 Å². The SMILES string of the molecule is CCNC(=O)[C@H](C)N(Cc1cccc(OC)c1)C(=O)COc1cccc(C)c1. The van der Waals surface area contributed by atoms with Crippen LogP contribution in [0.2, 0.25) is 0 Å². The fraction of sp³-hybridized carbons (Fsp3) is 0.364. The van der Waals surface area contributed by atoms with Crippen LogP contribution in [0.25, 0.3) is 0 Å². The van der Waals surface area contributed by atoms with Gasteiger partial charge in [0.05, 0.1) is 7.11 Å². The minimum Gasteiger partial charge on any atom is -0.497 e. The Bertz CT molecular complexity index is 807. The molecular weight excluding hydrogens is 356 g/mol. The third-order valence-corrected chi connectivity index (χ3v) is 4.36. The van der Waals surface area contributed by atoms with Crippen LogP contribution in [0.15, 0.2) is 48.5 Å². The number of carbonyl (C=O) groups is 2. The molecule has 0 spiro atoms. The maximum atomic E-state index is 12.9. The average molecular weight is 384 g/mol. The zero-order valence-electron chi connectivity index (χ0n) is 16.9. The van der Waals surface area contributed by atoms with E-state index < -0.39 is 6.04 Å². The van der Waals surface area contributed by atoms with Crippen LogP contribution in [0.1, 0.15) is 25.0 Å². The molecular formula is C22H28N2O4. The smallest absolute Gasteiger partial charge is 0.261 e. The summed E-state index contributed by atoms with van der Waals surface area (Å²) in [5, 5.41) is 2.77. The average Bonchev–Trinajstić information content (AvgIpc) is 2.70. The van der Waals surface area contributed by atoms with Crippen molar-refractivity contribution < 1.29 is 19.1 Å². The number of nitrogens with zero attached hydrogens (tertiary/aromatic N) is 1. The van der Waals surface area contributed by atoms with Crippen molar-refractivity contribution in [2.45, 2.75) is 33.4 Å². The van der Waals surface area contributed by atoms with Crippen LogP contribution < -0.4 is 14.8 Å². The van der Waals surface area contributed by atoms with Crippen LogP contribution in [0.3, 0.4) is 0 Å². The highest BCUT2D eigenvalue weighted by Gasteiger charge is 2.26. The van der Waals surface area contributed by atoms with Gasteiger partial charge in [-0.1, -0.05) is 24.3 Å². The van der Waals surface area contributed by atoms with E-state index in [2.05, 4.69) is 5.32 Å². The first-order valence-electron chi connectivity index (χ1n) is 9.34. The second-order valence-corrected chi connectivity index (χ2v) is 6.55. The van der Waals surface area contributed by atoms with Gasteiger partial charge in [0.25, 0.3) is 5.91 Å². The zero-order chi connectivity index (χ0) is 20.5. The van der Waals surface area contributed by atoms with Gasteiger partial charge in [0, 0.05) is 13.1 Å². The first-order valence-corrected chi connectivity index (χ1v) is 9.34. The lowest BCUT2D eigenvalue weighted by Crippen LogP contribution is -2.49. The van der Waals surface area contributed by atoms with Gasteiger partial charge in [-0.2, -0.15) is 0 Å². The molecule has 0 radical (unpaired) electrons. The van der Waals surface area contributed by atoms with Crippen LogP contribution in [0.4, 0.5) is 0 Å². The Balaban J connectivity index is 2.15. The maximum absolute atomic E-state index is 12.9. The van der Waals surface area contributed by atoms with Crippen LogP contribution in [-0.4, -0.2) is 43.0 Å². The van der Waals surface area contributed by atoms with Gasteiger partial charge in [-0.05, 0) is 56.2 Å². The van der Waals surface area contributed by atoms with E-state index in [-0.39, 0.29) is 25.0 Å². The number of aryl methyl sites for hydroxylation is 1. The molecule has 28 heavy (non-hydrogen) atoms. The third-order valence-electron chi connectivity index (χ3n) is 4.36. The van der Waals surface area contributed by atoms with Gasteiger partial charge in [-0.15, -0.1) is 0 Å². The van der Waals surface area contributed by atoms with Crippen LogP contribution in [0, 0.1) is 6.92 Å². The Kier molecular flexibility index (Phi) is 7.87. The topological polar surface area (TPSA) is 67.9 Å². The number of rotatable bonds is 9. The molecule has 2 amide bonds. The lowest BCUT2D eigenvalue weighted by Gasteiger charge is -2.28. The number of nitrogens with one attached hydrogen (secondary N) is 1. The van der Waals surface area contributed by atoms with Crippen molar-refractivity contribution in [2.24, 2.45) is 0 Å². The van der Waals surface area contributed by atoms with E-state index in [0.717, 1.165) is 11.1 Å². The molecule has 1 atom stereocenters. The largest absolute Gasteiger partial charge is 0.497 e. The summed E-state index contributed by atoms with van der Waals surface area (Å²) in [6.07, 6.45) is 0. The van der Waals surface area contributed by atoms with E-state index in [1.807, 2.05) is 56.3 Å². The zero-order valence-corrected chi connectivity index (χ0v) is 16.9. The molecule has 2 aromatic carbocycles. The fourth-order valence-electron chi connectivity index (χ4n) is 2.81. The molecule has 0 heterocycles. The molecule has 0 fully saturated rings. The molecule has 6 heteroatoms. The van der Waals surface area contributed by atoms with E-state index in [4.69, 9.17) is 9.47 Å². The summed E-state index contributed by atoms with van der Waals surface area (Å²) < 4.78 is 10.9. The van der Waals surface area contributed by atoms with E-state index in [1.54, 1.807) is 20.1 Å². The Morgan fingerprint density at radius 3 is 2.50 bits per heavy atom. The Labute approximate surface area is 166 Å². The number of likely N-dealkylation sites (N-methyl/N-ethyl adjacent to an activating group) is 1. The van der Waals surface area contributed by atoms with Gasteiger partial charge < -0.3 is 19.7 Å². The summed E-state index contributed by atoms with van der Waals surface area (Å²) in [5.41, 5.74) is 1.92. The quantitative estimate of drug-likeness (QED) is 0.722. The highest BCUT2D eigenvalue weighted by molar-refractivity contribution is 5.87. The van der Waals surface area contributed by atoms with Crippen molar-refractivity contribution in [3.8, 4) is 11.5 Å². The Morgan fingerprint density at radius 2 is 1.82 bits per heavy atom. The third kappa shape index (κ3) is 6.01. The molecule has 0 saturated carbocycles. The number of amides is 2. The lowest BCUT2D eigenvalue weighted by atomic mass is 10.1. The maximum Gasteiger partial charge on any atom is 0.261 e. The Hall–Kier alpha value is -3.02. The molecule has 2 rings (SSSR count). The standard InChI is InChI=1S/C22H28N2O4/c1-5-23-22(26)17(3)24(14-18-9-7-10-19(13-18)27-4)21(25)15-28-20-11-6-8-16(2)12-20/h6-13,17H,5,14-15H2,1-4H3,(H,23,26)/t17-/m0/s1.